The molecule has 2 fully saturated rings. The number of nitrogens with zero attached hydrogens (tertiary/aromatic N) is 3. The molecule has 1 aromatic rings. The molecule has 0 bridgehead atoms. The maximum absolute atomic E-state index is 12.3. The Morgan fingerprint density at radius 3 is 3.05 bits per heavy atom. The summed E-state index contributed by atoms with van der Waals surface area (Å²) in [6, 6.07) is 0. The maximum Gasteiger partial charge on any atom is 0.251 e. The van der Waals surface area contributed by atoms with E-state index in [1.54, 1.807) is 11.3 Å². The molecule has 0 radical (unpaired) electrons. The fraction of sp³-hybridized carbons (Fsp3) is 0.714. The quantitative estimate of drug-likeness (QED) is 0.844. The zero-order chi connectivity index (χ0) is 13.8. The number of thiazole rings is 1. The largest absolute Gasteiger partial charge is 0.368 e. The molecule has 1 amide bonds. The SMILES string of the molecule is O=C([C@H]1CCCO1)N1CCCN(Cc2cscn2)CC1. The average Bonchev–Trinajstić information content (AvgIpc) is 3.10. The first-order chi connectivity index (χ1) is 9.83. The Labute approximate surface area is 123 Å². The van der Waals surface area contributed by atoms with Crippen LogP contribution < -0.4 is 0 Å². The number of amides is 1. The Balaban J connectivity index is 1.52. The molecule has 1 atom stereocenters. The lowest BCUT2D eigenvalue weighted by atomic mass is 10.2. The van der Waals surface area contributed by atoms with E-state index in [2.05, 4.69) is 15.3 Å². The lowest BCUT2D eigenvalue weighted by Crippen LogP contribution is -2.41. The van der Waals surface area contributed by atoms with Crippen molar-refractivity contribution >= 4 is 17.2 Å². The molecule has 6 heteroatoms. The van der Waals surface area contributed by atoms with Crippen LogP contribution >= 0.6 is 11.3 Å². The molecule has 0 saturated carbocycles. The summed E-state index contributed by atoms with van der Waals surface area (Å²) in [5, 5.41) is 2.10. The van der Waals surface area contributed by atoms with Crippen LogP contribution in [0.4, 0.5) is 0 Å². The van der Waals surface area contributed by atoms with Crippen molar-refractivity contribution in [3.8, 4) is 0 Å². The summed E-state index contributed by atoms with van der Waals surface area (Å²) in [6.45, 7) is 5.25. The highest BCUT2D eigenvalue weighted by atomic mass is 32.1. The molecule has 20 heavy (non-hydrogen) atoms. The third-order valence-electron chi connectivity index (χ3n) is 3.97. The maximum atomic E-state index is 12.3. The van der Waals surface area contributed by atoms with Gasteiger partial charge in [0.25, 0.3) is 5.91 Å². The van der Waals surface area contributed by atoms with Gasteiger partial charge in [0, 0.05) is 44.7 Å². The first-order valence-corrected chi connectivity index (χ1v) is 8.27. The van der Waals surface area contributed by atoms with E-state index in [1.165, 1.54) is 0 Å². The van der Waals surface area contributed by atoms with Crippen molar-refractivity contribution in [2.24, 2.45) is 0 Å². The summed E-state index contributed by atoms with van der Waals surface area (Å²) in [5.41, 5.74) is 3.01. The van der Waals surface area contributed by atoms with Gasteiger partial charge in [0.2, 0.25) is 0 Å². The zero-order valence-corrected chi connectivity index (χ0v) is 12.5. The molecule has 0 unspecified atom stereocenters. The molecule has 3 heterocycles. The molecule has 0 spiro atoms. The molecule has 0 N–H and O–H groups in total. The van der Waals surface area contributed by atoms with Crippen molar-refractivity contribution in [2.75, 3.05) is 32.8 Å². The van der Waals surface area contributed by atoms with E-state index < -0.39 is 0 Å². The van der Waals surface area contributed by atoms with Crippen molar-refractivity contribution in [1.82, 2.24) is 14.8 Å². The van der Waals surface area contributed by atoms with Crippen molar-refractivity contribution in [1.29, 1.82) is 0 Å². The average molecular weight is 295 g/mol. The molecule has 0 aliphatic carbocycles. The molecular formula is C14H21N3O2S. The molecule has 110 valence electrons. The van der Waals surface area contributed by atoms with E-state index >= 15 is 0 Å². The standard InChI is InChI=1S/C14H21N3O2S/c18-14(13-3-1-8-19-13)17-5-2-4-16(6-7-17)9-12-10-20-11-15-12/h10-11,13H,1-9H2/t13-/m1/s1. The van der Waals surface area contributed by atoms with Crippen molar-refractivity contribution in [2.45, 2.75) is 31.9 Å². The number of ether oxygens (including phenoxy) is 1. The number of hydrogen-bond donors (Lipinski definition) is 0. The Morgan fingerprint density at radius 1 is 1.35 bits per heavy atom. The molecule has 2 aliphatic rings. The third kappa shape index (κ3) is 3.37. The van der Waals surface area contributed by atoms with E-state index in [0.29, 0.717) is 0 Å². The number of aromatic nitrogens is 1. The van der Waals surface area contributed by atoms with Crippen LogP contribution in [-0.4, -0.2) is 59.6 Å². The van der Waals surface area contributed by atoms with Crippen LogP contribution in [0.5, 0.6) is 0 Å². The van der Waals surface area contributed by atoms with Gasteiger partial charge in [-0.05, 0) is 19.3 Å². The number of rotatable bonds is 3. The second kappa shape index (κ2) is 6.65. The number of carbonyl (C=O) groups excluding carboxylic acids is 1. The number of hydrogen-bond acceptors (Lipinski definition) is 5. The van der Waals surface area contributed by atoms with E-state index in [9.17, 15) is 4.79 Å². The number of carbonyl (C=O) groups is 1. The lowest BCUT2D eigenvalue weighted by Gasteiger charge is -2.24. The van der Waals surface area contributed by atoms with Gasteiger partial charge in [-0.2, -0.15) is 0 Å². The van der Waals surface area contributed by atoms with Crippen LogP contribution in [0.25, 0.3) is 0 Å². The van der Waals surface area contributed by atoms with Gasteiger partial charge in [-0.3, -0.25) is 9.69 Å². The van der Waals surface area contributed by atoms with Gasteiger partial charge < -0.3 is 9.64 Å². The summed E-state index contributed by atoms with van der Waals surface area (Å²) in [6.07, 6.45) is 2.75. The van der Waals surface area contributed by atoms with Crippen LogP contribution in [0.1, 0.15) is 25.0 Å². The lowest BCUT2D eigenvalue weighted by molar-refractivity contribution is -0.140. The summed E-state index contributed by atoms with van der Waals surface area (Å²) in [5.74, 6) is 0.193. The van der Waals surface area contributed by atoms with E-state index in [4.69, 9.17) is 4.74 Å². The second-order valence-corrected chi connectivity index (χ2v) is 6.16. The topological polar surface area (TPSA) is 45.7 Å². The molecule has 3 rings (SSSR count). The van der Waals surface area contributed by atoms with Gasteiger partial charge in [-0.25, -0.2) is 4.98 Å². The van der Waals surface area contributed by atoms with Crippen molar-refractivity contribution < 1.29 is 9.53 Å². The van der Waals surface area contributed by atoms with Crippen LogP contribution in [0.3, 0.4) is 0 Å². The summed E-state index contributed by atoms with van der Waals surface area (Å²) >= 11 is 1.64. The van der Waals surface area contributed by atoms with Crippen LogP contribution in [0.15, 0.2) is 10.9 Å². The fourth-order valence-electron chi connectivity index (χ4n) is 2.87. The van der Waals surface area contributed by atoms with Gasteiger partial charge in [-0.1, -0.05) is 0 Å². The summed E-state index contributed by atoms with van der Waals surface area (Å²) in [7, 11) is 0. The highest BCUT2D eigenvalue weighted by molar-refractivity contribution is 7.07. The third-order valence-corrected chi connectivity index (χ3v) is 4.61. The Hall–Kier alpha value is -0.980. The second-order valence-electron chi connectivity index (χ2n) is 5.44. The molecule has 2 aliphatic heterocycles. The minimum atomic E-state index is -0.180. The Bertz CT molecular complexity index is 432. The van der Waals surface area contributed by atoms with Gasteiger partial charge in [0.05, 0.1) is 11.2 Å². The van der Waals surface area contributed by atoms with E-state index in [-0.39, 0.29) is 12.0 Å². The minimum Gasteiger partial charge on any atom is -0.368 e. The predicted octanol–water partition coefficient (Wildman–Crippen LogP) is 1.36. The smallest absolute Gasteiger partial charge is 0.251 e. The Morgan fingerprint density at radius 2 is 2.30 bits per heavy atom. The van der Waals surface area contributed by atoms with Gasteiger partial charge in [-0.15, -0.1) is 11.3 Å². The van der Waals surface area contributed by atoms with Gasteiger partial charge in [0.1, 0.15) is 6.10 Å². The van der Waals surface area contributed by atoms with Gasteiger partial charge in [0.15, 0.2) is 0 Å². The van der Waals surface area contributed by atoms with Crippen molar-refractivity contribution in [3.05, 3.63) is 16.6 Å². The highest BCUT2D eigenvalue weighted by Crippen LogP contribution is 2.16. The van der Waals surface area contributed by atoms with E-state index in [1.807, 2.05) is 10.4 Å². The normalized spacial score (nSPS) is 24.8. The van der Waals surface area contributed by atoms with E-state index in [0.717, 1.165) is 64.3 Å². The molecular weight excluding hydrogens is 274 g/mol. The summed E-state index contributed by atoms with van der Waals surface area (Å²) in [4.78, 5) is 21.1. The van der Waals surface area contributed by atoms with Crippen LogP contribution in [0, 0.1) is 0 Å². The monoisotopic (exact) mass is 295 g/mol. The Kier molecular flexibility index (Phi) is 4.65. The first-order valence-electron chi connectivity index (χ1n) is 7.33. The highest BCUT2D eigenvalue weighted by Gasteiger charge is 2.29. The molecule has 5 nitrogen and oxygen atoms in total. The van der Waals surface area contributed by atoms with Gasteiger partial charge >= 0.3 is 0 Å². The van der Waals surface area contributed by atoms with Crippen LogP contribution in [-0.2, 0) is 16.1 Å². The minimum absolute atomic E-state index is 0.180. The van der Waals surface area contributed by atoms with Crippen LogP contribution in [0.2, 0.25) is 0 Å². The predicted molar refractivity (Wildman–Crippen MR) is 77.6 cm³/mol. The molecule has 2 saturated heterocycles. The summed E-state index contributed by atoms with van der Waals surface area (Å²) < 4.78 is 5.51. The van der Waals surface area contributed by atoms with Crippen molar-refractivity contribution in [3.63, 3.8) is 0 Å². The molecule has 0 aromatic carbocycles. The molecule has 1 aromatic heterocycles. The fourth-order valence-corrected chi connectivity index (χ4v) is 3.42. The first kappa shape index (κ1) is 14.0. The zero-order valence-electron chi connectivity index (χ0n) is 11.7.